The predicted molar refractivity (Wildman–Crippen MR) is 97.1 cm³/mol. The minimum atomic E-state index is -1.33. The van der Waals surface area contributed by atoms with E-state index in [9.17, 15) is 13.8 Å². The molecule has 0 heterocycles. The summed E-state index contributed by atoms with van der Waals surface area (Å²) in [6.45, 7) is 1.36. The van der Waals surface area contributed by atoms with Crippen LogP contribution in [0.2, 0.25) is 5.02 Å². The first-order valence-electron chi connectivity index (χ1n) is 7.53. The van der Waals surface area contributed by atoms with E-state index >= 15 is 0 Å². The van der Waals surface area contributed by atoms with Crippen LogP contribution in [0.3, 0.4) is 0 Å². The Labute approximate surface area is 153 Å². The summed E-state index contributed by atoms with van der Waals surface area (Å²) in [7, 11) is -1.33. The normalized spacial score (nSPS) is 12.9. The van der Waals surface area contributed by atoms with Crippen molar-refractivity contribution in [3.05, 3.63) is 64.7 Å². The van der Waals surface area contributed by atoms with E-state index in [0.29, 0.717) is 9.92 Å². The van der Waals surface area contributed by atoms with Gasteiger partial charge in [0, 0.05) is 11.3 Å². The fourth-order valence-corrected chi connectivity index (χ4v) is 3.31. The first kappa shape index (κ1) is 19.1. The molecule has 132 valence electrons. The van der Waals surface area contributed by atoms with Gasteiger partial charge >= 0.3 is 5.97 Å². The summed E-state index contributed by atoms with van der Waals surface area (Å²) < 4.78 is 16.7. The highest BCUT2D eigenvalue weighted by molar-refractivity contribution is 7.84. The van der Waals surface area contributed by atoms with Crippen LogP contribution in [-0.4, -0.2) is 28.9 Å². The van der Waals surface area contributed by atoms with Crippen LogP contribution in [0.15, 0.2) is 53.4 Å². The summed E-state index contributed by atoms with van der Waals surface area (Å²) in [4.78, 5) is 24.5. The van der Waals surface area contributed by atoms with Crippen LogP contribution >= 0.6 is 11.6 Å². The van der Waals surface area contributed by atoms with E-state index < -0.39 is 29.3 Å². The molecule has 5 nitrogen and oxygen atoms in total. The number of ether oxygens (including phenoxy) is 1. The lowest BCUT2D eigenvalue weighted by Gasteiger charge is -2.15. The number of hydrogen-bond acceptors (Lipinski definition) is 4. The van der Waals surface area contributed by atoms with Gasteiger partial charge in [-0.05, 0) is 30.7 Å². The Morgan fingerprint density at radius 3 is 2.48 bits per heavy atom. The summed E-state index contributed by atoms with van der Waals surface area (Å²) in [5.74, 6) is -1.14. The molecule has 2 rings (SSSR count). The summed E-state index contributed by atoms with van der Waals surface area (Å²) in [6, 6.07) is 13.3. The molecule has 0 fully saturated rings. The van der Waals surface area contributed by atoms with Crippen molar-refractivity contribution in [1.29, 1.82) is 0 Å². The SMILES string of the molecule is C[C@H](NC(=O)COC(=O)c1ccccc1[S@](C)=O)c1ccccc1Cl. The highest BCUT2D eigenvalue weighted by Crippen LogP contribution is 2.22. The van der Waals surface area contributed by atoms with Gasteiger partial charge in [0.15, 0.2) is 6.61 Å². The molecular formula is C18H18ClNO4S. The van der Waals surface area contributed by atoms with Gasteiger partial charge in [-0.2, -0.15) is 0 Å². The van der Waals surface area contributed by atoms with Crippen LogP contribution < -0.4 is 5.32 Å². The van der Waals surface area contributed by atoms with Gasteiger partial charge in [0.05, 0.1) is 27.3 Å². The Morgan fingerprint density at radius 2 is 1.80 bits per heavy atom. The highest BCUT2D eigenvalue weighted by atomic mass is 35.5. The Morgan fingerprint density at radius 1 is 1.16 bits per heavy atom. The second-order valence-corrected chi connectivity index (χ2v) is 7.09. The number of hydrogen-bond donors (Lipinski definition) is 1. The maximum atomic E-state index is 12.1. The molecule has 1 amide bonds. The minimum Gasteiger partial charge on any atom is -0.452 e. The highest BCUT2D eigenvalue weighted by Gasteiger charge is 2.17. The largest absolute Gasteiger partial charge is 0.452 e. The topological polar surface area (TPSA) is 72.5 Å². The monoisotopic (exact) mass is 379 g/mol. The molecule has 0 unspecified atom stereocenters. The molecule has 2 aromatic rings. The zero-order chi connectivity index (χ0) is 18.4. The molecule has 0 aliphatic heterocycles. The second-order valence-electron chi connectivity index (χ2n) is 5.34. The third kappa shape index (κ3) is 5.14. The maximum absolute atomic E-state index is 12.1. The molecule has 25 heavy (non-hydrogen) atoms. The number of benzene rings is 2. The molecule has 0 spiro atoms. The van der Waals surface area contributed by atoms with Gasteiger partial charge < -0.3 is 10.1 Å². The van der Waals surface area contributed by atoms with Crippen LogP contribution in [0.4, 0.5) is 0 Å². The third-order valence-electron chi connectivity index (χ3n) is 3.50. The number of carbonyl (C=O) groups excluding carboxylic acids is 2. The van der Waals surface area contributed by atoms with Crippen molar-refractivity contribution in [2.24, 2.45) is 0 Å². The first-order chi connectivity index (χ1) is 11.9. The molecule has 0 aromatic heterocycles. The standard InChI is InChI=1S/C18H18ClNO4S/c1-12(13-7-3-5-9-15(13)19)20-17(21)11-24-18(22)14-8-4-6-10-16(14)25(2)23/h3-10,12H,11H2,1-2H3,(H,20,21)/t12-,25-/m0/s1. The summed E-state index contributed by atoms with van der Waals surface area (Å²) in [5, 5.41) is 3.27. The van der Waals surface area contributed by atoms with E-state index in [-0.39, 0.29) is 11.6 Å². The van der Waals surface area contributed by atoms with Crippen LogP contribution in [0.1, 0.15) is 28.9 Å². The van der Waals surface area contributed by atoms with Gasteiger partial charge in [-0.25, -0.2) is 4.79 Å². The molecule has 1 N–H and O–H groups in total. The molecule has 0 saturated carbocycles. The van der Waals surface area contributed by atoms with E-state index in [1.807, 2.05) is 12.1 Å². The fourth-order valence-electron chi connectivity index (χ4n) is 2.28. The molecule has 2 aromatic carbocycles. The van der Waals surface area contributed by atoms with Gasteiger partial charge in [-0.3, -0.25) is 9.00 Å². The molecule has 2 atom stereocenters. The fraction of sp³-hybridized carbons (Fsp3) is 0.222. The van der Waals surface area contributed by atoms with Crippen molar-refractivity contribution in [2.75, 3.05) is 12.9 Å². The lowest BCUT2D eigenvalue weighted by Crippen LogP contribution is -2.31. The smallest absolute Gasteiger partial charge is 0.339 e. The zero-order valence-corrected chi connectivity index (χ0v) is 15.4. The van der Waals surface area contributed by atoms with Gasteiger partial charge in [0.25, 0.3) is 5.91 Å². The molecular weight excluding hydrogens is 362 g/mol. The van der Waals surface area contributed by atoms with E-state index in [2.05, 4.69) is 5.32 Å². The Kier molecular flexibility index (Phi) is 6.73. The Balaban J connectivity index is 1.95. The molecule has 0 bridgehead atoms. The Bertz CT molecular complexity index is 809. The van der Waals surface area contributed by atoms with E-state index in [1.54, 1.807) is 37.3 Å². The van der Waals surface area contributed by atoms with Crippen LogP contribution in [0.25, 0.3) is 0 Å². The minimum absolute atomic E-state index is 0.190. The van der Waals surface area contributed by atoms with Crippen LogP contribution in [0, 0.1) is 0 Å². The Hall–Kier alpha value is -2.18. The van der Waals surface area contributed by atoms with Gasteiger partial charge in [0.2, 0.25) is 0 Å². The van der Waals surface area contributed by atoms with E-state index in [0.717, 1.165) is 5.56 Å². The van der Waals surface area contributed by atoms with Crippen molar-refractivity contribution in [3.63, 3.8) is 0 Å². The predicted octanol–water partition coefficient (Wildman–Crippen LogP) is 3.11. The number of carbonyl (C=O) groups is 2. The average Bonchev–Trinajstić information content (AvgIpc) is 2.59. The molecule has 0 saturated heterocycles. The van der Waals surface area contributed by atoms with Crippen molar-refractivity contribution in [2.45, 2.75) is 17.9 Å². The van der Waals surface area contributed by atoms with Crippen LogP contribution in [-0.2, 0) is 20.3 Å². The molecule has 0 aliphatic rings. The number of amides is 1. The van der Waals surface area contributed by atoms with Crippen molar-refractivity contribution >= 4 is 34.3 Å². The summed E-state index contributed by atoms with van der Waals surface area (Å²) >= 11 is 6.09. The van der Waals surface area contributed by atoms with E-state index in [4.69, 9.17) is 16.3 Å². The van der Waals surface area contributed by atoms with Gasteiger partial charge in [0.1, 0.15) is 0 Å². The van der Waals surface area contributed by atoms with Crippen molar-refractivity contribution < 1.29 is 18.5 Å². The van der Waals surface area contributed by atoms with Crippen molar-refractivity contribution in [3.8, 4) is 0 Å². The molecule has 7 heteroatoms. The molecule has 0 aliphatic carbocycles. The van der Waals surface area contributed by atoms with E-state index in [1.165, 1.54) is 12.3 Å². The zero-order valence-electron chi connectivity index (χ0n) is 13.8. The third-order valence-corrected chi connectivity index (χ3v) is 4.82. The summed E-state index contributed by atoms with van der Waals surface area (Å²) in [6.07, 6.45) is 1.48. The van der Waals surface area contributed by atoms with Gasteiger partial charge in [-0.15, -0.1) is 0 Å². The quantitative estimate of drug-likeness (QED) is 0.783. The number of halogens is 1. The first-order valence-corrected chi connectivity index (χ1v) is 9.47. The van der Waals surface area contributed by atoms with Gasteiger partial charge in [-0.1, -0.05) is 41.9 Å². The van der Waals surface area contributed by atoms with Crippen molar-refractivity contribution in [1.82, 2.24) is 5.32 Å². The maximum Gasteiger partial charge on any atom is 0.339 e. The number of esters is 1. The summed E-state index contributed by atoms with van der Waals surface area (Å²) in [5.41, 5.74) is 0.964. The number of nitrogens with one attached hydrogen (secondary N) is 1. The second kappa shape index (κ2) is 8.78. The lowest BCUT2D eigenvalue weighted by molar-refractivity contribution is -0.124. The average molecular weight is 380 g/mol. The molecule has 0 radical (unpaired) electrons. The lowest BCUT2D eigenvalue weighted by atomic mass is 10.1. The number of rotatable bonds is 6. The van der Waals surface area contributed by atoms with Crippen LogP contribution in [0.5, 0.6) is 0 Å².